The lowest BCUT2D eigenvalue weighted by Gasteiger charge is -2.28. The molecular weight excluding hydrogens is 230 g/mol. The molecule has 19 heavy (non-hydrogen) atoms. The average Bonchev–Trinajstić information content (AvgIpc) is 2.46. The van der Waals surface area contributed by atoms with Crippen LogP contribution in [-0.2, 0) is 12.8 Å². The molecule has 0 aromatic heterocycles. The molecule has 0 radical (unpaired) electrons. The molecule has 0 aliphatic carbocycles. The average molecular weight is 249 g/mol. The first-order chi connectivity index (χ1) is 9.34. The van der Waals surface area contributed by atoms with E-state index in [1.807, 2.05) is 0 Å². The maximum absolute atomic E-state index is 2.39. The van der Waals surface area contributed by atoms with E-state index in [2.05, 4.69) is 72.6 Å². The summed E-state index contributed by atoms with van der Waals surface area (Å²) in [6.07, 6.45) is 6.63. The molecule has 1 aliphatic heterocycles. The van der Waals surface area contributed by atoms with E-state index in [1.54, 1.807) is 0 Å². The fraction of sp³-hybridized carbons (Fsp3) is 0.222. The molecule has 0 bridgehead atoms. The summed E-state index contributed by atoms with van der Waals surface area (Å²) in [7, 11) is 0. The number of hydrogen-bond donors (Lipinski definition) is 0. The van der Waals surface area contributed by atoms with E-state index in [4.69, 9.17) is 0 Å². The minimum atomic E-state index is 1.04. The molecule has 0 N–H and O–H groups in total. The molecule has 2 aromatic rings. The zero-order valence-corrected chi connectivity index (χ0v) is 11.3. The predicted molar refractivity (Wildman–Crippen MR) is 81.5 cm³/mol. The van der Waals surface area contributed by atoms with Gasteiger partial charge in [0.2, 0.25) is 0 Å². The maximum atomic E-state index is 2.39. The minimum absolute atomic E-state index is 1.04. The van der Waals surface area contributed by atoms with Crippen molar-refractivity contribution in [2.45, 2.75) is 19.8 Å². The molecule has 96 valence electrons. The lowest BCUT2D eigenvalue weighted by molar-refractivity contribution is 0.883. The highest BCUT2D eigenvalue weighted by molar-refractivity contribution is 5.63. The Morgan fingerprint density at radius 2 is 1.84 bits per heavy atom. The molecule has 0 atom stereocenters. The van der Waals surface area contributed by atoms with E-state index < -0.39 is 0 Å². The molecule has 3 rings (SSSR count). The topological polar surface area (TPSA) is 3.24 Å². The van der Waals surface area contributed by atoms with Gasteiger partial charge in [0.15, 0.2) is 0 Å². The first kappa shape index (κ1) is 12.0. The van der Waals surface area contributed by atoms with Gasteiger partial charge in [-0.25, -0.2) is 0 Å². The Morgan fingerprint density at radius 1 is 1.00 bits per heavy atom. The van der Waals surface area contributed by atoms with E-state index in [0.717, 1.165) is 19.4 Å². The molecule has 1 nitrogen and oxygen atoms in total. The summed E-state index contributed by atoms with van der Waals surface area (Å²) >= 11 is 0. The van der Waals surface area contributed by atoms with E-state index in [9.17, 15) is 0 Å². The maximum Gasteiger partial charge on any atom is 0.0471 e. The number of allylic oxidation sites excluding steroid dienone is 1. The lowest BCUT2D eigenvalue weighted by Crippen LogP contribution is -2.23. The fourth-order valence-corrected chi connectivity index (χ4v) is 2.76. The monoisotopic (exact) mass is 249 g/mol. The van der Waals surface area contributed by atoms with E-state index in [0.29, 0.717) is 0 Å². The summed E-state index contributed by atoms with van der Waals surface area (Å²) in [5.41, 5.74) is 5.61. The number of hydrogen-bond acceptors (Lipinski definition) is 1. The van der Waals surface area contributed by atoms with Crippen molar-refractivity contribution in [3.8, 4) is 0 Å². The molecule has 0 saturated carbocycles. The van der Waals surface area contributed by atoms with E-state index in [-0.39, 0.29) is 0 Å². The zero-order chi connectivity index (χ0) is 13.1. The van der Waals surface area contributed by atoms with Crippen LogP contribution in [0.3, 0.4) is 0 Å². The van der Waals surface area contributed by atoms with Crippen molar-refractivity contribution >= 4 is 5.69 Å². The second kappa shape index (κ2) is 5.31. The Morgan fingerprint density at radius 3 is 2.68 bits per heavy atom. The Bertz CT molecular complexity index is 584. The number of para-hydroxylation sites is 1. The number of rotatable bonds is 3. The first-order valence-electron chi connectivity index (χ1n) is 6.90. The molecule has 0 spiro atoms. The summed E-state index contributed by atoms with van der Waals surface area (Å²) in [4.78, 5) is 2.39. The van der Waals surface area contributed by atoms with Crippen LogP contribution in [-0.4, -0.2) is 6.54 Å². The Kier molecular flexibility index (Phi) is 3.37. The first-order valence-corrected chi connectivity index (χ1v) is 6.90. The van der Waals surface area contributed by atoms with Crippen molar-refractivity contribution in [2.75, 3.05) is 11.4 Å². The van der Waals surface area contributed by atoms with Crippen LogP contribution in [0.4, 0.5) is 5.69 Å². The minimum Gasteiger partial charge on any atom is -0.348 e. The normalized spacial score (nSPS) is 13.4. The van der Waals surface area contributed by atoms with Gasteiger partial charge < -0.3 is 4.90 Å². The van der Waals surface area contributed by atoms with Crippen LogP contribution in [0.25, 0.3) is 0 Å². The highest BCUT2D eigenvalue weighted by atomic mass is 15.1. The van der Waals surface area contributed by atoms with Gasteiger partial charge in [0.1, 0.15) is 0 Å². The van der Waals surface area contributed by atoms with Crippen LogP contribution in [0.5, 0.6) is 0 Å². The second-order valence-corrected chi connectivity index (χ2v) is 5.10. The van der Waals surface area contributed by atoms with Gasteiger partial charge in [-0.3, -0.25) is 0 Å². The van der Waals surface area contributed by atoms with Gasteiger partial charge in [-0.2, -0.15) is 0 Å². The lowest BCUT2D eigenvalue weighted by atomic mass is 10.0. The van der Waals surface area contributed by atoms with Crippen molar-refractivity contribution in [2.24, 2.45) is 0 Å². The summed E-state index contributed by atoms with van der Waals surface area (Å²) < 4.78 is 0. The van der Waals surface area contributed by atoms with Gasteiger partial charge in [0, 0.05) is 18.4 Å². The Hall–Kier alpha value is -2.02. The van der Waals surface area contributed by atoms with Crippen molar-refractivity contribution < 1.29 is 0 Å². The molecule has 1 aliphatic rings. The van der Waals surface area contributed by atoms with Crippen LogP contribution >= 0.6 is 0 Å². The number of benzene rings is 2. The zero-order valence-electron chi connectivity index (χ0n) is 11.3. The third-order valence-electron chi connectivity index (χ3n) is 3.72. The van der Waals surface area contributed by atoms with Crippen LogP contribution in [0.1, 0.15) is 16.7 Å². The van der Waals surface area contributed by atoms with Crippen LogP contribution < -0.4 is 4.90 Å². The third-order valence-corrected chi connectivity index (χ3v) is 3.72. The molecule has 2 aromatic carbocycles. The number of fused-ring (bicyclic) bond motifs is 1. The fourth-order valence-electron chi connectivity index (χ4n) is 2.76. The van der Waals surface area contributed by atoms with Crippen molar-refractivity contribution in [1.29, 1.82) is 0 Å². The molecular formula is C18H19N. The third kappa shape index (κ3) is 2.55. The SMILES string of the molecule is Cc1cccc2c1N(CCc1ccccc1)C=CC2. The molecule has 1 heterocycles. The number of anilines is 1. The van der Waals surface area contributed by atoms with Crippen LogP contribution in [0, 0.1) is 6.92 Å². The molecule has 0 amide bonds. The van der Waals surface area contributed by atoms with Crippen molar-refractivity contribution in [3.05, 3.63) is 77.5 Å². The second-order valence-electron chi connectivity index (χ2n) is 5.10. The standard InChI is InChI=1S/C18H19N/c1-15-7-5-10-17-11-6-13-19(18(15)17)14-12-16-8-3-2-4-9-16/h2-10,13H,11-12,14H2,1H3. The Labute approximate surface area is 115 Å². The Balaban J connectivity index is 1.79. The van der Waals surface area contributed by atoms with Gasteiger partial charge in [-0.05, 0) is 36.5 Å². The van der Waals surface area contributed by atoms with E-state index in [1.165, 1.54) is 22.4 Å². The summed E-state index contributed by atoms with van der Waals surface area (Å²) in [5.74, 6) is 0. The summed E-state index contributed by atoms with van der Waals surface area (Å²) in [6, 6.07) is 17.3. The van der Waals surface area contributed by atoms with Crippen LogP contribution in [0.2, 0.25) is 0 Å². The van der Waals surface area contributed by atoms with Gasteiger partial charge in [0.25, 0.3) is 0 Å². The van der Waals surface area contributed by atoms with Gasteiger partial charge in [-0.1, -0.05) is 54.6 Å². The smallest absolute Gasteiger partial charge is 0.0471 e. The number of aryl methyl sites for hydroxylation is 1. The summed E-state index contributed by atoms with van der Waals surface area (Å²) in [5, 5.41) is 0. The summed E-state index contributed by atoms with van der Waals surface area (Å²) in [6.45, 7) is 3.24. The molecule has 0 unspecified atom stereocenters. The largest absolute Gasteiger partial charge is 0.348 e. The van der Waals surface area contributed by atoms with E-state index >= 15 is 0 Å². The number of nitrogens with zero attached hydrogens (tertiary/aromatic N) is 1. The predicted octanol–water partition coefficient (Wildman–Crippen LogP) is 4.11. The molecule has 0 saturated heterocycles. The van der Waals surface area contributed by atoms with Crippen LogP contribution in [0.15, 0.2) is 60.8 Å². The van der Waals surface area contributed by atoms with Gasteiger partial charge in [0.05, 0.1) is 0 Å². The van der Waals surface area contributed by atoms with Gasteiger partial charge >= 0.3 is 0 Å². The molecule has 1 heteroatoms. The quantitative estimate of drug-likeness (QED) is 0.791. The highest BCUT2D eigenvalue weighted by Crippen LogP contribution is 2.29. The van der Waals surface area contributed by atoms with Crippen molar-refractivity contribution in [1.82, 2.24) is 0 Å². The highest BCUT2D eigenvalue weighted by Gasteiger charge is 2.14. The van der Waals surface area contributed by atoms with Crippen molar-refractivity contribution in [3.63, 3.8) is 0 Å². The molecule has 0 fully saturated rings. The van der Waals surface area contributed by atoms with Gasteiger partial charge in [-0.15, -0.1) is 0 Å².